The Morgan fingerprint density at radius 1 is 1.44 bits per heavy atom. The van der Waals surface area contributed by atoms with Crippen molar-refractivity contribution in [3.05, 3.63) is 17.5 Å². The summed E-state index contributed by atoms with van der Waals surface area (Å²) in [4.78, 5) is 14.6. The lowest BCUT2D eigenvalue weighted by Crippen LogP contribution is -2.57. The molecule has 1 aromatic rings. The van der Waals surface area contributed by atoms with E-state index in [0.29, 0.717) is 5.69 Å². The number of piperazine rings is 1. The first-order valence-electron chi connectivity index (χ1n) is 6.62. The lowest BCUT2D eigenvalue weighted by Gasteiger charge is -2.39. The van der Waals surface area contributed by atoms with Gasteiger partial charge in [0.1, 0.15) is 5.69 Å². The molecule has 18 heavy (non-hydrogen) atoms. The molecule has 2 atom stereocenters. The Balaban J connectivity index is 2.29. The van der Waals surface area contributed by atoms with Gasteiger partial charge in [-0.05, 0) is 33.8 Å². The van der Waals surface area contributed by atoms with Gasteiger partial charge in [-0.2, -0.15) is 5.10 Å². The Morgan fingerprint density at radius 3 is 2.61 bits per heavy atom. The molecule has 1 N–H and O–H groups in total. The summed E-state index contributed by atoms with van der Waals surface area (Å²) in [7, 11) is 0. The third-order valence-electron chi connectivity index (χ3n) is 3.48. The monoisotopic (exact) mass is 250 g/mol. The van der Waals surface area contributed by atoms with Gasteiger partial charge in [0, 0.05) is 31.7 Å². The van der Waals surface area contributed by atoms with Crippen LogP contribution in [0.2, 0.25) is 0 Å². The number of hydrogen-bond acceptors (Lipinski definition) is 3. The number of rotatable bonds is 2. The van der Waals surface area contributed by atoms with Crippen LogP contribution in [-0.2, 0) is 6.54 Å². The van der Waals surface area contributed by atoms with E-state index in [1.165, 1.54) is 0 Å². The Morgan fingerprint density at radius 2 is 2.06 bits per heavy atom. The molecule has 5 heteroatoms. The minimum Gasteiger partial charge on any atom is -0.329 e. The largest absolute Gasteiger partial charge is 0.329 e. The standard InChI is InChI=1S/C13H22N4O/c1-5-16-12(6-9(2)15-16)13(18)17-10(3)7-14-8-11(17)4/h6,10-11,14H,5,7-8H2,1-4H3. The highest BCUT2D eigenvalue weighted by Crippen LogP contribution is 2.15. The third-order valence-corrected chi connectivity index (χ3v) is 3.48. The van der Waals surface area contributed by atoms with E-state index in [4.69, 9.17) is 0 Å². The molecule has 100 valence electrons. The van der Waals surface area contributed by atoms with Gasteiger partial charge in [-0.1, -0.05) is 0 Å². The number of hydrogen-bond donors (Lipinski definition) is 1. The quantitative estimate of drug-likeness (QED) is 0.853. The predicted molar refractivity (Wildman–Crippen MR) is 70.6 cm³/mol. The number of carbonyl (C=O) groups excluding carboxylic acids is 1. The van der Waals surface area contributed by atoms with Crippen molar-refractivity contribution in [1.29, 1.82) is 0 Å². The SMILES string of the molecule is CCn1nc(C)cc1C(=O)N1C(C)CNCC1C. The van der Waals surface area contributed by atoms with Gasteiger partial charge in [-0.3, -0.25) is 9.48 Å². The van der Waals surface area contributed by atoms with Crippen molar-refractivity contribution in [1.82, 2.24) is 20.0 Å². The molecule has 1 fully saturated rings. The average Bonchev–Trinajstić information content (AvgIpc) is 2.70. The molecule has 5 nitrogen and oxygen atoms in total. The normalized spacial score (nSPS) is 24.3. The summed E-state index contributed by atoms with van der Waals surface area (Å²) >= 11 is 0. The summed E-state index contributed by atoms with van der Waals surface area (Å²) in [5.41, 5.74) is 1.60. The van der Waals surface area contributed by atoms with Crippen molar-refractivity contribution in [2.75, 3.05) is 13.1 Å². The van der Waals surface area contributed by atoms with Crippen LogP contribution in [0, 0.1) is 6.92 Å². The topological polar surface area (TPSA) is 50.2 Å². The van der Waals surface area contributed by atoms with Gasteiger partial charge in [0.25, 0.3) is 5.91 Å². The number of nitrogens with zero attached hydrogens (tertiary/aromatic N) is 3. The molecule has 2 rings (SSSR count). The second-order valence-electron chi connectivity index (χ2n) is 5.06. The smallest absolute Gasteiger partial charge is 0.272 e. The number of aryl methyl sites for hydroxylation is 2. The Hall–Kier alpha value is -1.36. The first-order chi connectivity index (χ1) is 8.54. The fraction of sp³-hybridized carbons (Fsp3) is 0.692. The van der Waals surface area contributed by atoms with Gasteiger partial charge in [0.15, 0.2) is 0 Å². The van der Waals surface area contributed by atoms with Crippen molar-refractivity contribution in [2.45, 2.75) is 46.3 Å². The maximum Gasteiger partial charge on any atom is 0.272 e. The highest BCUT2D eigenvalue weighted by Gasteiger charge is 2.31. The van der Waals surface area contributed by atoms with Crippen molar-refractivity contribution in [3.63, 3.8) is 0 Å². The number of nitrogens with one attached hydrogen (secondary N) is 1. The van der Waals surface area contributed by atoms with Gasteiger partial charge in [0.05, 0.1) is 5.69 Å². The summed E-state index contributed by atoms with van der Waals surface area (Å²) < 4.78 is 1.79. The van der Waals surface area contributed by atoms with E-state index in [-0.39, 0.29) is 18.0 Å². The highest BCUT2D eigenvalue weighted by atomic mass is 16.2. The molecule has 1 aliphatic heterocycles. The van der Waals surface area contributed by atoms with E-state index in [1.54, 1.807) is 4.68 Å². The predicted octanol–water partition coefficient (Wildman–Crippen LogP) is 1.03. The van der Waals surface area contributed by atoms with Crippen LogP contribution in [0.5, 0.6) is 0 Å². The number of aromatic nitrogens is 2. The van der Waals surface area contributed by atoms with E-state index in [2.05, 4.69) is 24.3 Å². The highest BCUT2D eigenvalue weighted by molar-refractivity contribution is 5.93. The van der Waals surface area contributed by atoms with Crippen LogP contribution in [-0.4, -0.2) is 45.8 Å². The minimum absolute atomic E-state index is 0.0963. The summed E-state index contributed by atoms with van der Waals surface area (Å²) in [5.74, 6) is 0.0963. The molecule has 0 saturated carbocycles. The Bertz CT molecular complexity index is 430. The molecular weight excluding hydrogens is 228 g/mol. The molecule has 1 aliphatic rings. The average molecular weight is 250 g/mol. The number of amides is 1. The van der Waals surface area contributed by atoms with Crippen LogP contribution in [0.15, 0.2) is 6.07 Å². The second-order valence-corrected chi connectivity index (χ2v) is 5.06. The number of carbonyl (C=O) groups is 1. The van der Waals surface area contributed by atoms with Crippen LogP contribution in [0.3, 0.4) is 0 Å². The Kier molecular flexibility index (Phi) is 3.71. The van der Waals surface area contributed by atoms with Crippen LogP contribution in [0.4, 0.5) is 0 Å². The van der Waals surface area contributed by atoms with Crippen molar-refractivity contribution in [2.24, 2.45) is 0 Å². The first kappa shape index (κ1) is 13.1. The first-order valence-corrected chi connectivity index (χ1v) is 6.62. The minimum atomic E-state index is 0.0963. The van der Waals surface area contributed by atoms with Crippen LogP contribution in [0.1, 0.15) is 37.0 Å². The van der Waals surface area contributed by atoms with E-state index in [9.17, 15) is 4.79 Å². The van der Waals surface area contributed by atoms with E-state index >= 15 is 0 Å². The van der Waals surface area contributed by atoms with Gasteiger partial charge >= 0.3 is 0 Å². The van der Waals surface area contributed by atoms with Crippen LogP contribution >= 0.6 is 0 Å². The molecule has 0 radical (unpaired) electrons. The van der Waals surface area contributed by atoms with E-state index in [1.807, 2.05) is 24.8 Å². The fourth-order valence-electron chi connectivity index (χ4n) is 2.62. The van der Waals surface area contributed by atoms with Crippen LogP contribution < -0.4 is 5.32 Å². The van der Waals surface area contributed by atoms with Gasteiger partial charge < -0.3 is 10.2 Å². The summed E-state index contributed by atoms with van der Waals surface area (Å²) in [6.07, 6.45) is 0. The van der Waals surface area contributed by atoms with Gasteiger partial charge in [-0.15, -0.1) is 0 Å². The maximum absolute atomic E-state index is 12.7. The molecule has 2 heterocycles. The molecular formula is C13H22N4O. The third kappa shape index (κ3) is 2.27. The molecule has 1 aromatic heterocycles. The zero-order valence-corrected chi connectivity index (χ0v) is 11.6. The molecule has 2 unspecified atom stereocenters. The molecule has 0 bridgehead atoms. The van der Waals surface area contributed by atoms with Crippen LogP contribution in [0.25, 0.3) is 0 Å². The molecule has 0 aromatic carbocycles. The van der Waals surface area contributed by atoms with Gasteiger partial charge in [-0.25, -0.2) is 0 Å². The van der Waals surface area contributed by atoms with Crippen molar-refractivity contribution in [3.8, 4) is 0 Å². The van der Waals surface area contributed by atoms with Crippen molar-refractivity contribution < 1.29 is 4.79 Å². The second kappa shape index (κ2) is 5.10. The molecule has 0 spiro atoms. The van der Waals surface area contributed by atoms with Gasteiger partial charge in [0.2, 0.25) is 0 Å². The zero-order chi connectivity index (χ0) is 13.3. The summed E-state index contributed by atoms with van der Waals surface area (Å²) in [5, 5.41) is 7.69. The fourth-order valence-corrected chi connectivity index (χ4v) is 2.62. The van der Waals surface area contributed by atoms with E-state index in [0.717, 1.165) is 25.3 Å². The lowest BCUT2D eigenvalue weighted by atomic mass is 10.1. The molecule has 1 amide bonds. The molecule has 0 aliphatic carbocycles. The maximum atomic E-state index is 12.7. The van der Waals surface area contributed by atoms with E-state index < -0.39 is 0 Å². The Labute approximate surface area is 108 Å². The van der Waals surface area contributed by atoms with Crippen molar-refractivity contribution >= 4 is 5.91 Å². The summed E-state index contributed by atoms with van der Waals surface area (Å²) in [6, 6.07) is 2.33. The summed E-state index contributed by atoms with van der Waals surface area (Å²) in [6.45, 7) is 10.5. The zero-order valence-electron chi connectivity index (χ0n) is 11.6. The molecule has 1 saturated heterocycles. The lowest BCUT2D eigenvalue weighted by molar-refractivity contribution is 0.0531.